The highest BCUT2D eigenvalue weighted by Gasteiger charge is 2.13. The average Bonchev–Trinajstić information content (AvgIpc) is 3.15. The molecule has 0 unspecified atom stereocenters. The van der Waals surface area contributed by atoms with Crippen LogP contribution in [0.1, 0.15) is 35.9 Å². The number of nitrogens with one attached hydrogen (secondary N) is 1. The van der Waals surface area contributed by atoms with Gasteiger partial charge in [0.15, 0.2) is 5.82 Å². The van der Waals surface area contributed by atoms with Crippen molar-refractivity contribution in [3.63, 3.8) is 0 Å². The molecule has 0 fully saturated rings. The predicted molar refractivity (Wildman–Crippen MR) is 103 cm³/mol. The summed E-state index contributed by atoms with van der Waals surface area (Å²) in [6.07, 6.45) is 1.55. The van der Waals surface area contributed by atoms with E-state index in [9.17, 15) is 0 Å². The van der Waals surface area contributed by atoms with E-state index in [-0.39, 0.29) is 0 Å². The van der Waals surface area contributed by atoms with Gasteiger partial charge in [-0.3, -0.25) is 0 Å². The number of aromatic nitrogens is 3. The number of rotatable bonds is 4. The Morgan fingerprint density at radius 1 is 1.16 bits per heavy atom. The van der Waals surface area contributed by atoms with Crippen LogP contribution < -0.4 is 0 Å². The van der Waals surface area contributed by atoms with E-state index >= 15 is 0 Å². The largest absolute Gasteiger partial charge is 0.358 e. The van der Waals surface area contributed by atoms with E-state index in [1.165, 1.54) is 21.5 Å². The van der Waals surface area contributed by atoms with Crippen LogP contribution in [-0.4, -0.2) is 15.0 Å². The molecule has 0 radical (unpaired) electrons. The van der Waals surface area contributed by atoms with Crippen LogP contribution in [0.2, 0.25) is 0 Å². The molecule has 4 rings (SSSR count). The molecule has 0 saturated heterocycles. The van der Waals surface area contributed by atoms with Crippen LogP contribution in [0.4, 0.5) is 5.82 Å². The van der Waals surface area contributed by atoms with Crippen LogP contribution in [0, 0.1) is 6.92 Å². The number of aryl methyl sites for hydroxylation is 1. The van der Waals surface area contributed by atoms with Crippen molar-refractivity contribution in [1.82, 2.24) is 15.0 Å². The second kappa shape index (κ2) is 6.37. The van der Waals surface area contributed by atoms with E-state index in [4.69, 9.17) is 0 Å². The van der Waals surface area contributed by atoms with Crippen molar-refractivity contribution in [2.24, 2.45) is 10.2 Å². The molecule has 4 aromatic rings. The molecule has 5 nitrogen and oxygen atoms in total. The number of hydrogen-bond donors (Lipinski definition) is 1. The van der Waals surface area contributed by atoms with E-state index in [0.717, 1.165) is 15.7 Å². The highest BCUT2D eigenvalue weighted by atomic mass is 32.1. The Morgan fingerprint density at radius 2 is 2.00 bits per heavy atom. The molecule has 1 N–H and O–H groups in total. The second-order valence-electron chi connectivity index (χ2n) is 6.39. The minimum Gasteiger partial charge on any atom is -0.358 e. The zero-order valence-corrected chi connectivity index (χ0v) is 15.3. The lowest BCUT2D eigenvalue weighted by molar-refractivity contribution is 0.807. The van der Waals surface area contributed by atoms with E-state index in [2.05, 4.69) is 70.2 Å². The zero-order valence-electron chi connectivity index (χ0n) is 14.4. The highest BCUT2D eigenvalue weighted by Crippen LogP contribution is 2.31. The van der Waals surface area contributed by atoms with Crippen molar-refractivity contribution < 1.29 is 0 Å². The first-order chi connectivity index (χ1) is 12.1. The first-order valence-corrected chi connectivity index (χ1v) is 9.13. The fraction of sp³-hybridized carbons (Fsp3) is 0.263. The lowest BCUT2D eigenvalue weighted by Crippen LogP contribution is -1.93. The predicted octanol–water partition coefficient (Wildman–Crippen LogP) is 5.89. The van der Waals surface area contributed by atoms with E-state index < -0.39 is 0 Å². The molecule has 0 amide bonds. The summed E-state index contributed by atoms with van der Waals surface area (Å²) < 4.78 is 0. The SMILES string of the molecule is Cc1cc2c(N=NCc3c(C(C)C)[nH]c4ccccc34)ncnc2s1. The molecule has 0 bridgehead atoms. The molecule has 1 aromatic carbocycles. The lowest BCUT2D eigenvalue weighted by atomic mass is 10.0. The van der Waals surface area contributed by atoms with Gasteiger partial charge >= 0.3 is 0 Å². The number of azo groups is 1. The van der Waals surface area contributed by atoms with Crippen LogP contribution in [0.15, 0.2) is 46.9 Å². The van der Waals surface area contributed by atoms with Crippen molar-refractivity contribution in [3.05, 3.63) is 52.8 Å². The summed E-state index contributed by atoms with van der Waals surface area (Å²) >= 11 is 1.65. The minimum absolute atomic E-state index is 0.405. The maximum atomic E-state index is 4.46. The van der Waals surface area contributed by atoms with Gasteiger partial charge in [-0.1, -0.05) is 32.0 Å². The smallest absolute Gasteiger partial charge is 0.185 e. The maximum absolute atomic E-state index is 4.46. The topological polar surface area (TPSA) is 66.3 Å². The van der Waals surface area contributed by atoms with Crippen LogP contribution in [-0.2, 0) is 6.54 Å². The van der Waals surface area contributed by atoms with E-state index in [0.29, 0.717) is 18.3 Å². The number of fused-ring (bicyclic) bond motifs is 2. The molecule has 126 valence electrons. The van der Waals surface area contributed by atoms with Crippen molar-refractivity contribution in [2.45, 2.75) is 33.2 Å². The number of nitrogens with zero attached hydrogens (tertiary/aromatic N) is 4. The summed E-state index contributed by atoms with van der Waals surface area (Å²) in [4.78, 5) is 14.3. The van der Waals surface area contributed by atoms with Crippen molar-refractivity contribution in [3.8, 4) is 0 Å². The highest BCUT2D eigenvalue weighted by molar-refractivity contribution is 7.18. The molecule has 3 aromatic heterocycles. The summed E-state index contributed by atoms with van der Waals surface area (Å²) in [6.45, 7) is 6.97. The molecular weight excluding hydrogens is 330 g/mol. The van der Waals surface area contributed by atoms with Gasteiger partial charge in [-0.2, -0.15) is 5.11 Å². The van der Waals surface area contributed by atoms with Crippen LogP contribution in [0.25, 0.3) is 21.1 Å². The zero-order chi connectivity index (χ0) is 17.4. The lowest BCUT2D eigenvalue weighted by Gasteiger charge is -2.05. The van der Waals surface area contributed by atoms with Gasteiger partial charge < -0.3 is 4.98 Å². The Kier molecular flexibility index (Phi) is 4.05. The molecule has 0 aliphatic carbocycles. The molecule has 25 heavy (non-hydrogen) atoms. The number of thiophene rings is 1. The van der Waals surface area contributed by atoms with E-state index in [1.807, 2.05) is 6.07 Å². The Balaban J connectivity index is 1.70. The monoisotopic (exact) mass is 349 g/mol. The van der Waals surface area contributed by atoms with Gasteiger partial charge in [0, 0.05) is 27.0 Å². The first-order valence-electron chi connectivity index (χ1n) is 8.31. The third-order valence-electron chi connectivity index (χ3n) is 4.25. The first kappa shape index (κ1) is 15.9. The normalized spacial score (nSPS) is 12.2. The van der Waals surface area contributed by atoms with Crippen LogP contribution in [0.3, 0.4) is 0 Å². The van der Waals surface area contributed by atoms with Crippen molar-refractivity contribution >= 4 is 38.3 Å². The van der Waals surface area contributed by atoms with Crippen molar-refractivity contribution in [2.75, 3.05) is 0 Å². The Hall–Kier alpha value is -2.60. The molecule has 0 spiro atoms. The van der Waals surface area contributed by atoms with Gasteiger partial charge in [0.25, 0.3) is 0 Å². The quantitative estimate of drug-likeness (QED) is 0.467. The summed E-state index contributed by atoms with van der Waals surface area (Å²) in [6, 6.07) is 10.4. The number of para-hydroxylation sites is 1. The summed E-state index contributed by atoms with van der Waals surface area (Å²) in [5, 5.41) is 11.0. The molecule has 0 aliphatic heterocycles. The molecule has 0 atom stereocenters. The van der Waals surface area contributed by atoms with E-state index in [1.54, 1.807) is 17.7 Å². The van der Waals surface area contributed by atoms with Gasteiger partial charge in [0.1, 0.15) is 11.2 Å². The number of aromatic amines is 1. The van der Waals surface area contributed by atoms with Crippen LogP contribution in [0.5, 0.6) is 0 Å². The van der Waals surface area contributed by atoms with Gasteiger partial charge in [0.05, 0.1) is 11.9 Å². The maximum Gasteiger partial charge on any atom is 0.185 e. The van der Waals surface area contributed by atoms with Crippen molar-refractivity contribution in [1.29, 1.82) is 0 Å². The fourth-order valence-corrected chi connectivity index (χ4v) is 3.94. The summed E-state index contributed by atoms with van der Waals surface area (Å²) in [5.41, 5.74) is 3.58. The van der Waals surface area contributed by atoms with Gasteiger partial charge in [-0.05, 0) is 25.0 Å². The third kappa shape index (κ3) is 2.93. The Bertz CT molecular complexity index is 1070. The average molecular weight is 349 g/mol. The molecule has 0 aliphatic rings. The minimum atomic E-state index is 0.405. The molecule has 3 heterocycles. The number of benzene rings is 1. The van der Waals surface area contributed by atoms with Gasteiger partial charge in [-0.15, -0.1) is 16.5 Å². The van der Waals surface area contributed by atoms with Crippen LogP contribution >= 0.6 is 11.3 Å². The van der Waals surface area contributed by atoms with Gasteiger partial charge in [-0.25, -0.2) is 9.97 Å². The second-order valence-corrected chi connectivity index (χ2v) is 7.62. The third-order valence-corrected chi connectivity index (χ3v) is 5.21. The summed E-state index contributed by atoms with van der Waals surface area (Å²) in [7, 11) is 0. The van der Waals surface area contributed by atoms with Gasteiger partial charge in [0.2, 0.25) is 0 Å². The molecular formula is C19H19N5S. The summed E-state index contributed by atoms with van der Waals surface area (Å²) in [5.74, 6) is 1.04. The molecule has 0 saturated carbocycles. The molecule has 6 heteroatoms. The number of H-pyrrole nitrogens is 1. The fourth-order valence-electron chi connectivity index (χ4n) is 3.10. The Labute approximate surface area is 149 Å². The standard InChI is InChI=1S/C19H19N5S/c1-11(2)17-15(13-6-4-5-7-16(13)23-17)9-22-24-18-14-8-12(3)25-19(14)21-10-20-18/h4-8,10-11,23H,9H2,1-3H3. The number of hydrogen-bond acceptors (Lipinski definition) is 5. The Morgan fingerprint density at radius 3 is 2.84 bits per heavy atom.